The number of rotatable bonds is 2. The predicted octanol–water partition coefficient (Wildman–Crippen LogP) is 4.97. The van der Waals surface area contributed by atoms with E-state index in [0.717, 1.165) is 33.9 Å². The maximum absolute atomic E-state index is 4.70. The van der Waals surface area contributed by atoms with Crippen molar-refractivity contribution >= 4 is 21.6 Å². The van der Waals surface area contributed by atoms with Crippen LogP contribution in [0.3, 0.4) is 0 Å². The number of benzene rings is 2. The first-order chi connectivity index (χ1) is 10.7. The Balaban J connectivity index is 1.91. The number of hydrogen-bond acceptors (Lipinski definition) is 3. The van der Waals surface area contributed by atoms with Crippen LogP contribution < -0.4 is 0 Å². The number of imidazole rings is 1. The Labute approximate surface area is 132 Å². The molecule has 0 bridgehead atoms. The third-order valence-corrected chi connectivity index (χ3v) is 4.53. The molecule has 2 aromatic heterocycles. The van der Waals surface area contributed by atoms with Crippen molar-refractivity contribution in [1.29, 1.82) is 0 Å². The van der Waals surface area contributed by atoms with Gasteiger partial charge in [-0.1, -0.05) is 29.8 Å². The van der Waals surface area contributed by atoms with Crippen molar-refractivity contribution in [1.82, 2.24) is 15.0 Å². The molecule has 0 saturated heterocycles. The van der Waals surface area contributed by atoms with Crippen LogP contribution in [-0.2, 0) is 0 Å². The van der Waals surface area contributed by atoms with Crippen LogP contribution in [-0.4, -0.2) is 15.0 Å². The normalized spacial score (nSPS) is 11.2. The lowest BCUT2D eigenvalue weighted by molar-refractivity contribution is 1.15. The first-order valence-electron chi connectivity index (χ1n) is 7.18. The van der Waals surface area contributed by atoms with E-state index in [9.17, 15) is 0 Å². The maximum Gasteiger partial charge on any atom is 0.104 e. The lowest BCUT2D eigenvalue weighted by atomic mass is 10.0. The Morgan fingerprint density at radius 1 is 1.00 bits per heavy atom. The highest BCUT2D eigenvalue weighted by Crippen LogP contribution is 2.32. The summed E-state index contributed by atoms with van der Waals surface area (Å²) >= 11 is 1.66. The topological polar surface area (TPSA) is 41.6 Å². The summed E-state index contributed by atoms with van der Waals surface area (Å²) in [4.78, 5) is 12.5. The summed E-state index contributed by atoms with van der Waals surface area (Å²) in [7, 11) is 0. The largest absolute Gasteiger partial charge is 0.342 e. The molecule has 108 valence electrons. The van der Waals surface area contributed by atoms with Gasteiger partial charge in [-0.3, -0.25) is 0 Å². The van der Waals surface area contributed by atoms with Crippen molar-refractivity contribution in [3.05, 3.63) is 59.4 Å². The summed E-state index contributed by atoms with van der Waals surface area (Å²) in [6.45, 7) is 4.10. The first kappa shape index (κ1) is 13.2. The smallest absolute Gasteiger partial charge is 0.104 e. The third kappa shape index (κ3) is 2.22. The van der Waals surface area contributed by atoms with Crippen LogP contribution in [0.5, 0.6) is 0 Å². The highest BCUT2D eigenvalue weighted by atomic mass is 32.1. The van der Waals surface area contributed by atoms with E-state index in [0.29, 0.717) is 0 Å². The van der Waals surface area contributed by atoms with Crippen molar-refractivity contribution in [2.24, 2.45) is 0 Å². The van der Waals surface area contributed by atoms with E-state index >= 15 is 0 Å². The average Bonchev–Trinajstić information content (AvgIpc) is 3.12. The number of nitrogens with one attached hydrogen (secondary N) is 1. The molecule has 22 heavy (non-hydrogen) atoms. The Morgan fingerprint density at radius 3 is 2.77 bits per heavy atom. The van der Waals surface area contributed by atoms with Crippen molar-refractivity contribution in [3.63, 3.8) is 0 Å². The van der Waals surface area contributed by atoms with Crippen LogP contribution in [0.15, 0.2) is 48.0 Å². The summed E-state index contributed by atoms with van der Waals surface area (Å²) in [5.41, 5.74) is 8.53. The van der Waals surface area contributed by atoms with Gasteiger partial charge in [0.1, 0.15) is 5.82 Å². The molecule has 1 N–H and O–H groups in total. The van der Waals surface area contributed by atoms with Crippen LogP contribution in [0, 0.1) is 13.8 Å². The number of thiazole rings is 1. The van der Waals surface area contributed by atoms with Gasteiger partial charge in [0, 0.05) is 11.1 Å². The van der Waals surface area contributed by atoms with Gasteiger partial charge in [0.05, 0.1) is 27.1 Å². The predicted molar refractivity (Wildman–Crippen MR) is 92.1 cm³/mol. The zero-order valence-corrected chi connectivity index (χ0v) is 13.2. The minimum absolute atomic E-state index is 0.927. The molecule has 0 amide bonds. The molecule has 4 rings (SSSR count). The molecule has 0 aliphatic carbocycles. The lowest BCUT2D eigenvalue weighted by Crippen LogP contribution is -1.85. The highest BCUT2D eigenvalue weighted by Gasteiger charge is 2.13. The van der Waals surface area contributed by atoms with Gasteiger partial charge in [-0.2, -0.15) is 0 Å². The van der Waals surface area contributed by atoms with E-state index in [1.807, 2.05) is 12.4 Å². The van der Waals surface area contributed by atoms with Gasteiger partial charge in [0.2, 0.25) is 0 Å². The number of nitrogens with zero attached hydrogens (tertiary/aromatic N) is 2. The number of aryl methyl sites for hydroxylation is 2. The molecule has 0 aliphatic heterocycles. The summed E-state index contributed by atoms with van der Waals surface area (Å²) in [5.74, 6) is 0.927. The zero-order chi connectivity index (χ0) is 15.1. The van der Waals surface area contributed by atoms with E-state index < -0.39 is 0 Å². The Kier molecular flexibility index (Phi) is 3.05. The molecule has 0 aliphatic rings. The summed E-state index contributed by atoms with van der Waals surface area (Å²) < 4.78 is 1.19. The van der Waals surface area contributed by atoms with E-state index in [1.165, 1.54) is 10.3 Å². The molecular formula is C18H15N3S. The summed E-state index contributed by atoms with van der Waals surface area (Å²) in [6, 6.07) is 14.8. The average molecular weight is 305 g/mol. The SMILES string of the molecule is Cc1cccc(-c2nc(C)[nH]c2-c2ccc3ncsc3c2)c1. The van der Waals surface area contributed by atoms with Gasteiger partial charge in [0.15, 0.2) is 0 Å². The molecule has 0 unspecified atom stereocenters. The summed E-state index contributed by atoms with van der Waals surface area (Å²) in [6.07, 6.45) is 0. The van der Waals surface area contributed by atoms with Crippen molar-refractivity contribution < 1.29 is 0 Å². The van der Waals surface area contributed by atoms with Gasteiger partial charge in [-0.25, -0.2) is 9.97 Å². The van der Waals surface area contributed by atoms with Gasteiger partial charge >= 0.3 is 0 Å². The minimum Gasteiger partial charge on any atom is -0.342 e. The molecule has 2 aromatic carbocycles. The van der Waals surface area contributed by atoms with Gasteiger partial charge in [-0.15, -0.1) is 11.3 Å². The van der Waals surface area contributed by atoms with Crippen molar-refractivity contribution in [3.8, 4) is 22.5 Å². The molecule has 4 aromatic rings. The Bertz CT molecular complexity index is 965. The first-order valence-corrected chi connectivity index (χ1v) is 8.06. The quantitative estimate of drug-likeness (QED) is 0.568. The molecule has 0 fully saturated rings. The molecule has 0 spiro atoms. The fourth-order valence-electron chi connectivity index (χ4n) is 2.71. The number of aromatic amines is 1. The minimum atomic E-state index is 0.927. The number of H-pyrrole nitrogens is 1. The fourth-order valence-corrected chi connectivity index (χ4v) is 3.43. The number of fused-ring (bicyclic) bond motifs is 1. The zero-order valence-electron chi connectivity index (χ0n) is 12.4. The molecular weight excluding hydrogens is 290 g/mol. The number of hydrogen-bond donors (Lipinski definition) is 1. The van der Waals surface area contributed by atoms with E-state index in [2.05, 4.69) is 59.4 Å². The van der Waals surface area contributed by atoms with E-state index in [1.54, 1.807) is 11.3 Å². The van der Waals surface area contributed by atoms with Crippen LogP contribution >= 0.6 is 11.3 Å². The molecule has 4 heteroatoms. The van der Waals surface area contributed by atoms with Gasteiger partial charge in [-0.05, 0) is 32.0 Å². The molecule has 0 atom stereocenters. The second-order valence-electron chi connectivity index (χ2n) is 5.45. The second kappa shape index (κ2) is 5.07. The third-order valence-electron chi connectivity index (χ3n) is 3.73. The Hall–Kier alpha value is -2.46. The Morgan fingerprint density at radius 2 is 1.91 bits per heavy atom. The van der Waals surface area contributed by atoms with Gasteiger partial charge in [0.25, 0.3) is 0 Å². The van der Waals surface area contributed by atoms with Crippen LogP contribution in [0.25, 0.3) is 32.7 Å². The van der Waals surface area contributed by atoms with Crippen LogP contribution in [0.4, 0.5) is 0 Å². The standard InChI is InChI=1S/C18H15N3S/c1-11-4-3-5-13(8-11)17-18(21-12(2)20-17)14-6-7-15-16(9-14)22-10-19-15/h3-10H,1-2H3,(H,20,21). The lowest BCUT2D eigenvalue weighted by Gasteiger charge is -2.04. The fraction of sp³-hybridized carbons (Fsp3) is 0.111. The maximum atomic E-state index is 4.70. The monoisotopic (exact) mass is 305 g/mol. The molecule has 0 saturated carbocycles. The molecule has 3 nitrogen and oxygen atoms in total. The number of aromatic nitrogens is 3. The molecule has 0 radical (unpaired) electrons. The molecule has 2 heterocycles. The van der Waals surface area contributed by atoms with Crippen molar-refractivity contribution in [2.45, 2.75) is 13.8 Å². The van der Waals surface area contributed by atoms with Gasteiger partial charge < -0.3 is 4.98 Å². The van der Waals surface area contributed by atoms with E-state index in [4.69, 9.17) is 4.98 Å². The van der Waals surface area contributed by atoms with E-state index in [-0.39, 0.29) is 0 Å². The van der Waals surface area contributed by atoms with Crippen LogP contribution in [0.2, 0.25) is 0 Å². The second-order valence-corrected chi connectivity index (χ2v) is 6.34. The highest BCUT2D eigenvalue weighted by molar-refractivity contribution is 7.16. The van der Waals surface area contributed by atoms with Crippen molar-refractivity contribution in [2.75, 3.05) is 0 Å². The van der Waals surface area contributed by atoms with Crippen LogP contribution in [0.1, 0.15) is 11.4 Å². The summed E-state index contributed by atoms with van der Waals surface area (Å²) in [5, 5.41) is 0.